The van der Waals surface area contributed by atoms with E-state index < -0.39 is 5.95 Å². The summed E-state index contributed by atoms with van der Waals surface area (Å²) in [5, 5.41) is 0. The van der Waals surface area contributed by atoms with Crippen molar-refractivity contribution in [2.24, 2.45) is 0 Å². The molecule has 0 fully saturated rings. The van der Waals surface area contributed by atoms with Crippen LogP contribution in [0, 0.1) is 5.95 Å². The van der Waals surface area contributed by atoms with Crippen LogP contribution in [0.25, 0.3) is 0 Å². The van der Waals surface area contributed by atoms with Crippen molar-refractivity contribution in [3.8, 4) is 0 Å². The Bertz CT molecular complexity index is 368. The van der Waals surface area contributed by atoms with E-state index in [9.17, 15) is 9.18 Å². The van der Waals surface area contributed by atoms with Crippen molar-refractivity contribution in [3.63, 3.8) is 0 Å². The van der Waals surface area contributed by atoms with Crippen LogP contribution in [0.15, 0.2) is 18.2 Å². The van der Waals surface area contributed by atoms with Gasteiger partial charge in [-0.2, -0.15) is 4.39 Å². The second kappa shape index (κ2) is 5.58. The highest BCUT2D eigenvalue weighted by molar-refractivity contribution is 5.92. The van der Waals surface area contributed by atoms with Gasteiger partial charge >= 0.3 is 0 Å². The van der Waals surface area contributed by atoms with Crippen molar-refractivity contribution >= 4 is 5.91 Å². The number of hydrogen-bond donors (Lipinski definition) is 0. The number of nitrogens with zero attached hydrogens (tertiary/aromatic N) is 2. The summed E-state index contributed by atoms with van der Waals surface area (Å²) in [5.74, 6) is -0.831. The van der Waals surface area contributed by atoms with Crippen molar-refractivity contribution in [2.45, 2.75) is 33.2 Å². The van der Waals surface area contributed by atoms with Crippen LogP contribution in [-0.4, -0.2) is 28.4 Å². The second-order valence-corrected chi connectivity index (χ2v) is 3.69. The summed E-state index contributed by atoms with van der Waals surface area (Å²) in [7, 11) is 0. The Morgan fingerprint density at radius 3 is 2.69 bits per heavy atom. The third kappa shape index (κ3) is 2.78. The van der Waals surface area contributed by atoms with Crippen molar-refractivity contribution in [2.75, 3.05) is 6.54 Å². The number of carbonyl (C=O) groups excluding carboxylic acids is 1. The molecule has 0 aliphatic rings. The van der Waals surface area contributed by atoms with E-state index in [-0.39, 0.29) is 17.6 Å². The molecule has 0 saturated carbocycles. The molecule has 0 spiro atoms. The Hall–Kier alpha value is -1.45. The number of hydrogen-bond acceptors (Lipinski definition) is 2. The quantitative estimate of drug-likeness (QED) is 0.736. The SMILES string of the molecule is CCC(C)N(CC)C(=O)c1cccc(F)n1. The molecule has 1 aromatic heterocycles. The Morgan fingerprint density at radius 2 is 2.19 bits per heavy atom. The lowest BCUT2D eigenvalue weighted by molar-refractivity contribution is 0.0692. The van der Waals surface area contributed by atoms with Crippen molar-refractivity contribution in [1.82, 2.24) is 9.88 Å². The first-order valence-corrected chi connectivity index (χ1v) is 5.53. The van der Waals surface area contributed by atoms with Gasteiger partial charge in [0.2, 0.25) is 5.95 Å². The van der Waals surface area contributed by atoms with Crippen LogP contribution in [0.4, 0.5) is 4.39 Å². The van der Waals surface area contributed by atoms with E-state index >= 15 is 0 Å². The van der Waals surface area contributed by atoms with Crippen molar-refractivity contribution < 1.29 is 9.18 Å². The minimum Gasteiger partial charge on any atom is -0.335 e. The molecule has 0 aliphatic carbocycles. The van der Waals surface area contributed by atoms with E-state index in [1.807, 2.05) is 20.8 Å². The summed E-state index contributed by atoms with van der Waals surface area (Å²) >= 11 is 0. The molecule has 16 heavy (non-hydrogen) atoms. The first kappa shape index (κ1) is 12.6. The van der Waals surface area contributed by atoms with Crippen LogP contribution in [-0.2, 0) is 0 Å². The standard InChI is InChI=1S/C12H17FN2O/c1-4-9(3)15(5-2)12(16)10-7-6-8-11(13)14-10/h6-9H,4-5H2,1-3H3. The molecule has 0 bridgehead atoms. The maximum atomic E-state index is 12.9. The molecule has 0 aromatic carbocycles. The average molecular weight is 224 g/mol. The second-order valence-electron chi connectivity index (χ2n) is 3.69. The molecule has 3 nitrogen and oxygen atoms in total. The molecule has 1 rings (SSSR count). The van der Waals surface area contributed by atoms with Gasteiger partial charge in [0, 0.05) is 12.6 Å². The van der Waals surface area contributed by atoms with Crippen LogP contribution in [0.2, 0.25) is 0 Å². The molecule has 1 amide bonds. The minimum atomic E-state index is -0.619. The molecular weight excluding hydrogens is 207 g/mol. The lowest BCUT2D eigenvalue weighted by atomic mass is 10.2. The van der Waals surface area contributed by atoms with E-state index in [0.717, 1.165) is 6.42 Å². The highest BCUT2D eigenvalue weighted by atomic mass is 19.1. The Balaban J connectivity index is 2.91. The van der Waals surface area contributed by atoms with Gasteiger partial charge < -0.3 is 4.90 Å². The van der Waals surface area contributed by atoms with Gasteiger partial charge in [-0.05, 0) is 32.4 Å². The molecular formula is C12H17FN2O. The molecule has 0 radical (unpaired) electrons. The number of rotatable bonds is 4. The minimum absolute atomic E-state index is 0.141. The van der Waals surface area contributed by atoms with Gasteiger partial charge in [0.25, 0.3) is 5.91 Å². The maximum absolute atomic E-state index is 12.9. The average Bonchev–Trinajstić information content (AvgIpc) is 2.29. The summed E-state index contributed by atoms with van der Waals surface area (Å²) in [5.41, 5.74) is 0.169. The number of halogens is 1. The van der Waals surface area contributed by atoms with E-state index in [1.165, 1.54) is 18.2 Å². The third-order valence-electron chi connectivity index (χ3n) is 2.66. The highest BCUT2D eigenvalue weighted by Crippen LogP contribution is 2.09. The number of aromatic nitrogens is 1. The molecule has 0 aliphatic heterocycles. The fourth-order valence-electron chi connectivity index (χ4n) is 1.55. The lowest BCUT2D eigenvalue weighted by Gasteiger charge is -2.26. The van der Waals surface area contributed by atoms with Crippen LogP contribution in [0.3, 0.4) is 0 Å². The topological polar surface area (TPSA) is 33.2 Å². The van der Waals surface area contributed by atoms with Gasteiger partial charge in [0.1, 0.15) is 5.69 Å². The normalized spacial score (nSPS) is 12.2. The van der Waals surface area contributed by atoms with Gasteiger partial charge in [0.15, 0.2) is 0 Å². The van der Waals surface area contributed by atoms with E-state index in [2.05, 4.69) is 4.98 Å². The third-order valence-corrected chi connectivity index (χ3v) is 2.66. The Labute approximate surface area is 95.3 Å². The zero-order chi connectivity index (χ0) is 12.1. The number of amides is 1. The van der Waals surface area contributed by atoms with Crippen LogP contribution in [0.5, 0.6) is 0 Å². The Morgan fingerprint density at radius 1 is 1.50 bits per heavy atom. The van der Waals surface area contributed by atoms with E-state index in [1.54, 1.807) is 4.90 Å². The van der Waals surface area contributed by atoms with Gasteiger partial charge in [0.05, 0.1) is 0 Å². The molecule has 0 saturated heterocycles. The van der Waals surface area contributed by atoms with E-state index in [0.29, 0.717) is 6.54 Å². The monoisotopic (exact) mass is 224 g/mol. The highest BCUT2D eigenvalue weighted by Gasteiger charge is 2.19. The van der Waals surface area contributed by atoms with Gasteiger partial charge in [-0.3, -0.25) is 4.79 Å². The van der Waals surface area contributed by atoms with Crippen LogP contribution >= 0.6 is 0 Å². The maximum Gasteiger partial charge on any atom is 0.272 e. The molecule has 1 unspecified atom stereocenters. The van der Waals surface area contributed by atoms with Crippen molar-refractivity contribution in [3.05, 3.63) is 29.8 Å². The molecule has 0 N–H and O–H groups in total. The zero-order valence-corrected chi connectivity index (χ0v) is 9.90. The van der Waals surface area contributed by atoms with Gasteiger partial charge in [-0.25, -0.2) is 4.98 Å². The summed E-state index contributed by atoms with van der Waals surface area (Å²) in [6.07, 6.45) is 0.870. The van der Waals surface area contributed by atoms with Gasteiger partial charge in [-0.15, -0.1) is 0 Å². The largest absolute Gasteiger partial charge is 0.335 e. The summed E-state index contributed by atoms with van der Waals surface area (Å²) in [4.78, 5) is 17.3. The molecule has 1 heterocycles. The fraction of sp³-hybridized carbons (Fsp3) is 0.500. The van der Waals surface area contributed by atoms with E-state index in [4.69, 9.17) is 0 Å². The smallest absolute Gasteiger partial charge is 0.272 e. The summed E-state index contributed by atoms with van der Waals surface area (Å²) in [6.45, 7) is 6.50. The predicted octanol–water partition coefficient (Wildman–Crippen LogP) is 2.48. The first-order valence-electron chi connectivity index (χ1n) is 5.53. The molecule has 1 atom stereocenters. The first-order chi connectivity index (χ1) is 7.60. The van der Waals surface area contributed by atoms with Crippen LogP contribution in [0.1, 0.15) is 37.7 Å². The van der Waals surface area contributed by atoms with Crippen LogP contribution < -0.4 is 0 Å². The number of pyridine rings is 1. The zero-order valence-electron chi connectivity index (χ0n) is 9.90. The number of carbonyl (C=O) groups is 1. The van der Waals surface area contributed by atoms with Gasteiger partial charge in [-0.1, -0.05) is 13.0 Å². The lowest BCUT2D eigenvalue weighted by Crippen LogP contribution is -2.38. The van der Waals surface area contributed by atoms with Crippen molar-refractivity contribution in [1.29, 1.82) is 0 Å². The summed E-state index contributed by atoms with van der Waals surface area (Å²) in [6, 6.07) is 4.41. The predicted molar refractivity (Wildman–Crippen MR) is 60.7 cm³/mol. The Kier molecular flexibility index (Phi) is 4.40. The molecule has 1 aromatic rings. The molecule has 4 heteroatoms. The fourth-order valence-corrected chi connectivity index (χ4v) is 1.55. The summed E-state index contributed by atoms with van der Waals surface area (Å²) < 4.78 is 12.9. The molecule has 88 valence electrons.